The molecule has 4 N–H and O–H groups in total. The van der Waals surface area contributed by atoms with Crippen LogP contribution in [0, 0.1) is 17.3 Å². The number of piperidine rings is 1. The van der Waals surface area contributed by atoms with Crippen LogP contribution in [0.25, 0.3) is 44.4 Å². The minimum atomic E-state index is -0.881. The van der Waals surface area contributed by atoms with Crippen molar-refractivity contribution in [3.05, 3.63) is 121 Å². The molecule has 0 unspecified atom stereocenters. The molecule has 6 atom stereocenters. The van der Waals surface area contributed by atoms with E-state index in [1.807, 2.05) is 66.4 Å². The van der Waals surface area contributed by atoms with E-state index in [1.54, 1.807) is 0 Å². The number of carbonyl (C=O) groups excluding carboxylic acids is 4. The molecule has 2 aliphatic heterocycles. The maximum atomic E-state index is 14.3. The largest absolute Gasteiger partial charge is 0.453 e. The fourth-order valence-corrected chi connectivity index (χ4v) is 10.6. The standard InChI is InChI=1S/C51H54N8O6/c1-29(2)42(56-49(62)64-3)48(61)59-38-19-18-37(24-38)44(59)46-53-26-39(55-46)31-12-10-30(11-13-31)33-14-15-35-23-36(17-16-34(35)22-33)40-27-52-45(54-40)41-25-51(20-21-51)28-58(41)47(60)43(57-50(63)65-4)32-8-6-5-7-9-32/h5-17,22-23,26-27,29,37-38,41-44H,18-21,24-25,28H2,1-4H3,(H,52,54)(H,53,55)(H,56,62)(H,57,63)/t37-,38+,41-,42-,43+,44-/m0/s1. The summed E-state index contributed by atoms with van der Waals surface area (Å²) in [6.45, 7) is 4.48. The monoisotopic (exact) mass is 874 g/mol. The normalized spacial score (nSPS) is 21.4. The molecule has 2 aliphatic carbocycles. The molecule has 2 saturated heterocycles. The fourth-order valence-electron chi connectivity index (χ4n) is 10.6. The molecule has 65 heavy (non-hydrogen) atoms. The summed E-state index contributed by atoms with van der Waals surface area (Å²) in [6, 6.07) is 28.7. The second kappa shape index (κ2) is 16.9. The van der Waals surface area contributed by atoms with E-state index in [0.29, 0.717) is 18.0 Å². The number of ether oxygens (including phenoxy) is 2. The summed E-state index contributed by atoms with van der Waals surface area (Å²) in [5.41, 5.74) is 6.70. The van der Waals surface area contributed by atoms with Gasteiger partial charge < -0.3 is 39.9 Å². The number of amides is 4. The number of rotatable bonds is 11. The van der Waals surface area contributed by atoms with Crippen LogP contribution in [0.1, 0.15) is 87.7 Å². The zero-order valence-corrected chi connectivity index (χ0v) is 37.0. The zero-order chi connectivity index (χ0) is 45.0. The van der Waals surface area contributed by atoms with Gasteiger partial charge in [0.1, 0.15) is 23.7 Å². The first-order valence-electron chi connectivity index (χ1n) is 22.6. The predicted octanol–water partition coefficient (Wildman–Crippen LogP) is 8.87. The van der Waals surface area contributed by atoms with Crippen LogP contribution in [0.5, 0.6) is 0 Å². The Morgan fingerprint density at radius 3 is 2.03 bits per heavy atom. The molecule has 4 heterocycles. The Bertz CT molecular complexity index is 2760. The SMILES string of the molecule is COC(=O)N[C@H](C(=O)N1[C@@H]2CC[C@@H](C2)[C@H]1c1ncc(-c2ccc(-c3ccc4cc(-c5cnc([C@@H]6CC7(CC7)CN6C(=O)[C@H](NC(=O)OC)c6ccccc6)[nH]5)ccc4c3)cc2)[nH]1)C(C)C. The fraction of sp³-hybridized carbons (Fsp3) is 0.373. The number of benzene rings is 4. The second-order valence-electron chi connectivity index (χ2n) is 18.7. The van der Waals surface area contributed by atoms with Crippen LogP contribution < -0.4 is 10.6 Å². The first-order valence-corrected chi connectivity index (χ1v) is 22.6. The van der Waals surface area contributed by atoms with E-state index < -0.39 is 24.3 Å². The number of nitrogens with zero attached hydrogens (tertiary/aromatic N) is 4. The van der Waals surface area contributed by atoms with Crippen molar-refractivity contribution in [2.75, 3.05) is 20.8 Å². The Hall–Kier alpha value is -6.96. The smallest absolute Gasteiger partial charge is 0.407 e. The van der Waals surface area contributed by atoms with Gasteiger partial charge in [0.25, 0.3) is 5.91 Å². The Morgan fingerprint density at radius 1 is 0.723 bits per heavy atom. The number of hydrogen-bond acceptors (Lipinski definition) is 8. The summed E-state index contributed by atoms with van der Waals surface area (Å²) >= 11 is 0. The van der Waals surface area contributed by atoms with Crippen molar-refractivity contribution in [1.82, 2.24) is 40.4 Å². The van der Waals surface area contributed by atoms with Crippen molar-refractivity contribution in [2.45, 2.75) is 82.6 Å². The van der Waals surface area contributed by atoms with E-state index in [4.69, 9.17) is 19.4 Å². The summed E-state index contributed by atoms with van der Waals surface area (Å²) in [7, 11) is 2.61. The lowest BCUT2D eigenvalue weighted by Gasteiger charge is -2.37. The van der Waals surface area contributed by atoms with Crippen LogP contribution in [-0.2, 0) is 19.1 Å². The molecule has 6 aromatic rings. The van der Waals surface area contributed by atoms with E-state index in [-0.39, 0.29) is 41.3 Å². The molecule has 1 spiro atoms. The molecule has 334 valence electrons. The van der Waals surface area contributed by atoms with Crippen molar-refractivity contribution >= 4 is 34.8 Å². The van der Waals surface area contributed by atoms with Crippen LogP contribution in [-0.4, -0.2) is 86.6 Å². The molecule has 4 aromatic carbocycles. The van der Waals surface area contributed by atoms with Gasteiger partial charge in [-0.05, 0) is 101 Å². The lowest BCUT2D eigenvalue weighted by Crippen LogP contribution is -2.54. The number of fused-ring (bicyclic) bond motifs is 3. The average Bonchev–Trinajstić information content (AvgIpc) is 3.97. The van der Waals surface area contributed by atoms with Gasteiger partial charge in [0.15, 0.2) is 0 Å². The minimum absolute atomic E-state index is 0.0780. The van der Waals surface area contributed by atoms with Crippen LogP contribution in [0.15, 0.2) is 103 Å². The first kappa shape index (κ1) is 42.0. The quantitative estimate of drug-likeness (QED) is 0.0999. The van der Waals surface area contributed by atoms with Gasteiger partial charge in [-0.1, -0.05) is 92.7 Å². The molecule has 2 saturated carbocycles. The van der Waals surface area contributed by atoms with Gasteiger partial charge in [-0.2, -0.15) is 0 Å². The molecule has 14 heteroatoms. The van der Waals surface area contributed by atoms with Crippen LogP contribution in [0.2, 0.25) is 0 Å². The second-order valence-corrected chi connectivity index (χ2v) is 18.7. The summed E-state index contributed by atoms with van der Waals surface area (Å²) < 4.78 is 9.73. The molecular formula is C51H54N8O6. The number of H-pyrrole nitrogens is 2. The predicted molar refractivity (Wildman–Crippen MR) is 245 cm³/mol. The van der Waals surface area contributed by atoms with E-state index >= 15 is 0 Å². The number of imidazole rings is 2. The maximum Gasteiger partial charge on any atom is 0.407 e. The molecule has 10 rings (SSSR count). The summed E-state index contributed by atoms with van der Waals surface area (Å²) in [6.07, 6.45) is 8.29. The summed E-state index contributed by atoms with van der Waals surface area (Å²) in [5.74, 6) is 1.44. The zero-order valence-electron chi connectivity index (χ0n) is 37.0. The molecule has 0 radical (unpaired) electrons. The molecule has 14 nitrogen and oxygen atoms in total. The molecule has 2 bridgehead atoms. The topological polar surface area (TPSA) is 175 Å². The van der Waals surface area contributed by atoms with Crippen LogP contribution in [0.3, 0.4) is 0 Å². The maximum absolute atomic E-state index is 14.3. The van der Waals surface area contributed by atoms with E-state index in [9.17, 15) is 19.2 Å². The van der Waals surface area contributed by atoms with Crippen molar-refractivity contribution in [3.8, 4) is 33.6 Å². The number of aromatic amines is 2. The van der Waals surface area contributed by atoms with Gasteiger partial charge >= 0.3 is 12.2 Å². The highest BCUT2D eigenvalue weighted by atomic mass is 16.5. The Labute approximate surface area is 377 Å². The van der Waals surface area contributed by atoms with Gasteiger partial charge in [0.2, 0.25) is 5.91 Å². The lowest BCUT2D eigenvalue weighted by molar-refractivity contribution is -0.139. The van der Waals surface area contributed by atoms with E-state index in [2.05, 4.69) is 81.3 Å². The van der Waals surface area contributed by atoms with Crippen molar-refractivity contribution < 1.29 is 28.7 Å². The third-order valence-electron chi connectivity index (χ3n) is 14.3. The minimum Gasteiger partial charge on any atom is -0.453 e. The van der Waals surface area contributed by atoms with Gasteiger partial charge in [0, 0.05) is 18.2 Å². The average molecular weight is 875 g/mol. The number of alkyl carbamates (subject to hydrolysis) is 2. The Balaban J connectivity index is 0.839. The van der Waals surface area contributed by atoms with E-state index in [0.717, 1.165) is 94.6 Å². The van der Waals surface area contributed by atoms with Crippen LogP contribution >= 0.6 is 0 Å². The lowest BCUT2D eigenvalue weighted by atomic mass is 9.95. The van der Waals surface area contributed by atoms with Gasteiger partial charge in [-0.25, -0.2) is 19.6 Å². The molecule has 4 fully saturated rings. The van der Waals surface area contributed by atoms with Crippen molar-refractivity contribution in [2.24, 2.45) is 17.3 Å². The number of carbonyl (C=O) groups is 4. The number of methoxy groups -OCH3 is 2. The number of likely N-dealkylation sites (tertiary alicyclic amines) is 2. The highest BCUT2D eigenvalue weighted by Gasteiger charge is 2.55. The summed E-state index contributed by atoms with van der Waals surface area (Å²) in [5, 5.41) is 7.73. The number of nitrogens with one attached hydrogen (secondary N) is 4. The third kappa shape index (κ3) is 7.99. The third-order valence-corrected chi connectivity index (χ3v) is 14.3. The molecular weight excluding hydrogens is 821 g/mol. The number of aromatic nitrogens is 4. The van der Waals surface area contributed by atoms with E-state index in [1.165, 1.54) is 14.2 Å². The summed E-state index contributed by atoms with van der Waals surface area (Å²) in [4.78, 5) is 73.4. The van der Waals surface area contributed by atoms with Gasteiger partial charge in [-0.3, -0.25) is 9.59 Å². The van der Waals surface area contributed by atoms with Gasteiger partial charge in [-0.15, -0.1) is 0 Å². The molecule has 4 amide bonds. The Morgan fingerprint density at radius 2 is 1.34 bits per heavy atom. The van der Waals surface area contributed by atoms with Gasteiger partial charge in [0.05, 0.1) is 50.1 Å². The highest BCUT2D eigenvalue weighted by molar-refractivity contribution is 5.91. The molecule has 4 aliphatic rings. The van der Waals surface area contributed by atoms with Crippen molar-refractivity contribution in [3.63, 3.8) is 0 Å². The van der Waals surface area contributed by atoms with Crippen LogP contribution in [0.4, 0.5) is 9.59 Å². The Kier molecular flexibility index (Phi) is 10.9. The first-order chi connectivity index (χ1) is 31.5. The highest BCUT2D eigenvalue weighted by Crippen LogP contribution is 2.58. The number of hydrogen-bond donors (Lipinski definition) is 4. The molecule has 2 aromatic heterocycles. The van der Waals surface area contributed by atoms with Crippen molar-refractivity contribution in [1.29, 1.82) is 0 Å².